The van der Waals surface area contributed by atoms with Crippen LogP contribution in [0.5, 0.6) is 11.5 Å². The Balaban J connectivity index is 3.11. The molecule has 4 nitrogen and oxygen atoms in total. The van der Waals surface area contributed by atoms with Gasteiger partial charge in [-0.15, -0.1) is 0 Å². The lowest BCUT2D eigenvalue weighted by Gasteiger charge is -2.18. The molecule has 0 aliphatic rings. The molecule has 0 saturated heterocycles. The van der Waals surface area contributed by atoms with Crippen molar-refractivity contribution in [3.8, 4) is 11.5 Å². The molecule has 0 heterocycles. The molecule has 0 amide bonds. The number of methoxy groups -OCH3 is 2. The summed E-state index contributed by atoms with van der Waals surface area (Å²) in [6.07, 6.45) is -0.755. The smallest absolute Gasteiger partial charge is 0.124 e. The van der Waals surface area contributed by atoms with Gasteiger partial charge in [-0.2, -0.15) is 0 Å². The Kier molecular flexibility index (Phi) is 3.94. The second-order valence-corrected chi connectivity index (χ2v) is 3.41. The van der Waals surface area contributed by atoms with Gasteiger partial charge in [0.25, 0.3) is 0 Å². The molecule has 4 heteroatoms. The summed E-state index contributed by atoms with van der Waals surface area (Å²) in [5, 5.41) is 9.87. The van der Waals surface area contributed by atoms with Crippen molar-refractivity contribution in [3.05, 3.63) is 23.8 Å². The molecule has 2 atom stereocenters. The number of rotatable bonds is 4. The number of hydrogen-bond acceptors (Lipinski definition) is 4. The second kappa shape index (κ2) is 5.00. The summed E-state index contributed by atoms with van der Waals surface area (Å²) < 4.78 is 10.2. The summed E-state index contributed by atoms with van der Waals surface area (Å²) in [4.78, 5) is 0. The van der Waals surface area contributed by atoms with Gasteiger partial charge in [-0.05, 0) is 25.1 Å². The van der Waals surface area contributed by atoms with Crippen molar-refractivity contribution in [2.75, 3.05) is 14.2 Å². The predicted octanol–water partition coefficient (Wildman–Crippen LogP) is 1.08. The molecule has 1 aromatic carbocycles. The Morgan fingerprint density at radius 3 is 2.40 bits per heavy atom. The van der Waals surface area contributed by atoms with Crippen molar-refractivity contribution in [1.29, 1.82) is 0 Å². The Hall–Kier alpha value is -1.26. The standard InChI is InChI=1S/C11H17NO3/c1-7(12)11(13)9-6-8(14-2)4-5-10(9)15-3/h4-7,11,13H,12H2,1-3H3/t7-,11?/m0/s1. The fraction of sp³-hybridized carbons (Fsp3) is 0.455. The van der Waals surface area contributed by atoms with Crippen molar-refractivity contribution < 1.29 is 14.6 Å². The summed E-state index contributed by atoms with van der Waals surface area (Å²) in [6.45, 7) is 1.74. The van der Waals surface area contributed by atoms with Crippen molar-refractivity contribution in [2.45, 2.75) is 19.1 Å². The summed E-state index contributed by atoms with van der Waals surface area (Å²) >= 11 is 0. The van der Waals surface area contributed by atoms with E-state index in [1.54, 1.807) is 39.3 Å². The average molecular weight is 211 g/mol. The zero-order valence-corrected chi connectivity index (χ0v) is 9.23. The van der Waals surface area contributed by atoms with Gasteiger partial charge in [0.05, 0.1) is 20.3 Å². The van der Waals surface area contributed by atoms with Gasteiger partial charge in [-0.25, -0.2) is 0 Å². The summed E-state index contributed by atoms with van der Waals surface area (Å²) in [6, 6.07) is 4.90. The maximum absolute atomic E-state index is 9.87. The molecule has 0 bridgehead atoms. The number of aliphatic hydroxyl groups excluding tert-OH is 1. The third-order valence-electron chi connectivity index (χ3n) is 2.25. The lowest BCUT2D eigenvalue weighted by atomic mass is 10.0. The molecule has 1 rings (SSSR count). The van der Waals surface area contributed by atoms with E-state index in [1.807, 2.05) is 0 Å². The lowest BCUT2D eigenvalue weighted by molar-refractivity contribution is 0.149. The fourth-order valence-electron chi connectivity index (χ4n) is 1.35. The third kappa shape index (κ3) is 2.61. The minimum Gasteiger partial charge on any atom is -0.497 e. The molecule has 0 spiro atoms. The minimum absolute atomic E-state index is 0.356. The minimum atomic E-state index is -0.755. The van der Waals surface area contributed by atoms with Crippen LogP contribution in [-0.2, 0) is 0 Å². The summed E-state index contributed by atoms with van der Waals surface area (Å²) in [5.41, 5.74) is 6.28. The van der Waals surface area contributed by atoms with Gasteiger partial charge < -0.3 is 20.3 Å². The monoisotopic (exact) mass is 211 g/mol. The highest BCUT2D eigenvalue weighted by Crippen LogP contribution is 2.30. The van der Waals surface area contributed by atoms with E-state index in [-0.39, 0.29) is 6.04 Å². The first-order valence-corrected chi connectivity index (χ1v) is 4.75. The highest BCUT2D eigenvalue weighted by molar-refractivity contribution is 5.42. The van der Waals surface area contributed by atoms with E-state index < -0.39 is 6.10 Å². The molecular formula is C11H17NO3. The number of benzene rings is 1. The molecule has 0 fully saturated rings. The number of nitrogens with two attached hydrogens (primary N) is 1. The highest BCUT2D eigenvalue weighted by Gasteiger charge is 2.17. The average Bonchev–Trinajstić information content (AvgIpc) is 2.27. The predicted molar refractivity (Wildman–Crippen MR) is 58.2 cm³/mol. The van der Waals surface area contributed by atoms with Gasteiger partial charge in [-0.3, -0.25) is 0 Å². The lowest BCUT2D eigenvalue weighted by Crippen LogP contribution is -2.24. The maximum atomic E-state index is 9.87. The Morgan fingerprint density at radius 2 is 1.93 bits per heavy atom. The van der Waals surface area contributed by atoms with Gasteiger partial charge >= 0.3 is 0 Å². The van der Waals surface area contributed by atoms with Crippen LogP contribution in [0.4, 0.5) is 0 Å². The zero-order valence-electron chi connectivity index (χ0n) is 9.23. The summed E-state index contributed by atoms with van der Waals surface area (Å²) in [7, 11) is 3.13. The fourth-order valence-corrected chi connectivity index (χ4v) is 1.35. The number of ether oxygens (including phenoxy) is 2. The molecular weight excluding hydrogens is 194 g/mol. The van der Waals surface area contributed by atoms with E-state index in [0.29, 0.717) is 17.1 Å². The van der Waals surface area contributed by atoms with Gasteiger partial charge in [0.15, 0.2) is 0 Å². The summed E-state index contributed by atoms with van der Waals surface area (Å²) in [5.74, 6) is 1.28. The maximum Gasteiger partial charge on any atom is 0.124 e. The third-order valence-corrected chi connectivity index (χ3v) is 2.25. The molecule has 0 aliphatic heterocycles. The highest BCUT2D eigenvalue weighted by atomic mass is 16.5. The second-order valence-electron chi connectivity index (χ2n) is 3.41. The largest absolute Gasteiger partial charge is 0.497 e. The zero-order chi connectivity index (χ0) is 11.4. The molecule has 15 heavy (non-hydrogen) atoms. The van der Waals surface area contributed by atoms with E-state index in [2.05, 4.69) is 0 Å². The van der Waals surface area contributed by atoms with Gasteiger partial charge in [-0.1, -0.05) is 0 Å². The van der Waals surface area contributed by atoms with E-state index >= 15 is 0 Å². The molecule has 0 radical (unpaired) electrons. The van der Waals surface area contributed by atoms with Crippen LogP contribution in [0, 0.1) is 0 Å². The molecule has 1 aromatic rings. The van der Waals surface area contributed by atoms with Crippen LogP contribution in [0.25, 0.3) is 0 Å². The number of hydrogen-bond donors (Lipinski definition) is 2. The van der Waals surface area contributed by atoms with Crippen molar-refractivity contribution in [2.24, 2.45) is 5.73 Å². The molecule has 0 aliphatic carbocycles. The SMILES string of the molecule is COc1ccc(OC)c(C(O)[C@H](C)N)c1. The van der Waals surface area contributed by atoms with Crippen LogP contribution in [0.15, 0.2) is 18.2 Å². The van der Waals surface area contributed by atoms with Gasteiger partial charge in [0.2, 0.25) is 0 Å². The van der Waals surface area contributed by atoms with Gasteiger partial charge in [0, 0.05) is 11.6 Å². The van der Waals surface area contributed by atoms with E-state index in [1.165, 1.54) is 0 Å². The Labute approximate surface area is 89.6 Å². The molecule has 0 aromatic heterocycles. The molecule has 84 valence electrons. The Morgan fingerprint density at radius 1 is 1.27 bits per heavy atom. The van der Waals surface area contributed by atoms with E-state index in [4.69, 9.17) is 15.2 Å². The van der Waals surface area contributed by atoms with Gasteiger partial charge in [0.1, 0.15) is 11.5 Å². The molecule has 1 unspecified atom stereocenters. The van der Waals surface area contributed by atoms with E-state index in [9.17, 15) is 5.11 Å². The van der Waals surface area contributed by atoms with E-state index in [0.717, 1.165) is 0 Å². The van der Waals surface area contributed by atoms with Crippen LogP contribution in [0.3, 0.4) is 0 Å². The Bertz CT molecular complexity index is 326. The first kappa shape index (κ1) is 11.8. The first-order valence-electron chi connectivity index (χ1n) is 4.75. The van der Waals surface area contributed by atoms with Crippen LogP contribution < -0.4 is 15.2 Å². The van der Waals surface area contributed by atoms with Crippen LogP contribution in [-0.4, -0.2) is 25.4 Å². The molecule has 0 saturated carbocycles. The number of aliphatic hydroxyl groups is 1. The quantitative estimate of drug-likeness (QED) is 0.782. The van der Waals surface area contributed by atoms with Crippen LogP contribution >= 0.6 is 0 Å². The van der Waals surface area contributed by atoms with Crippen LogP contribution in [0.1, 0.15) is 18.6 Å². The van der Waals surface area contributed by atoms with Crippen LogP contribution in [0.2, 0.25) is 0 Å². The topological polar surface area (TPSA) is 64.7 Å². The van der Waals surface area contributed by atoms with Crippen molar-refractivity contribution >= 4 is 0 Å². The normalized spacial score (nSPS) is 14.5. The molecule has 3 N–H and O–H groups in total. The first-order chi connectivity index (χ1) is 7.10. The van der Waals surface area contributed by atoms with Crippen molar-refractivity contribution in [3.63, 3.8) is 0 Å². The van der Waals surface area contributed by atoms with Crippen molar-refractivity contribution in [1.82, 2.24) is 0 Å².